The van der Waals surface area contributed by atoms with Gasteiger partial charge >= 0.3 is 0 Å². The van der Waals surface area contributed by atoms with Crippen LogP contribution < -0.4 is 15.0 Å². The fourth-order valence-corrected chi connectivity index (χ4v) is 1.87. The molecule has 2 rings (SSSR count). The minimum atomic E-state index is -0.428. The number of amides is 1. The molecular weight excluding hydrogens is 308 g/mol. The van der Waals surface area contributed by atoms with E-state index in [1.54, 1.807) is 18.3 Å². The lowest BCUT2D eigenvalue weighted by Gasteiger charge is -2.04. The normalized spacial score (nSPS) is 10.2. The van der Waals surface area contributed by atoms with Crippen molar-refractivity contribution in [1.29, 1.82) is 0 Å². The fourth-order valence-electron chi connectivity index (χ4n) is 1.61. The molecule has 1 heterocycles. The fraction of sp³-hybridized carbons (Fsp3) is 0.143. The second-order valence-corrected chi connectivity index (χ2v) is 4.91. The Labute approximate surface area is 119 Å². The van der Waals surface area contributed by atoms with Gasteiger partial charge in [0.25, 0.3) is 5.91 Å². The lowest BCUT2D eigenvalue weighted by molar-refractivity contribution is -0.697. The molecule has 0 fully saturated rings. The van der Waals surface area contributed by atoms with Crippen LogP contribution in [0.25, 0.3) is 0 Å². The third-order valence-corrected chi connectivity index (χ3v) is 3.10. The Morgan fingerprint density at radius 2 is 2.00 bits per heavy atom. The van der Waals surface area contributed by atoms with Crippen molar-refractivity contribution in [3.63, 3.8) is 0 Å². The molecule has 1 aromatic carbocycles. The first-order chi connectivity index (χ1) is 9.15. The predicted octanol–water partition coefficient (Wildman–Crippen LogP) is 1.91. The Hall–Kier alpha value is -1.88. The maximum absolute atomic E-state index is 11.1. The number of nitrogens with two attached hydrogens (primary N) is 1. The number of halogens is 1. The molecule has 98 valence electrons. The highest BCUT2D eigenvalue weighted by atomic mass is 79.9. The molecule has 0 saturated carbocycles. The Bertz CT molecular complexity index is 570. The van der Waals surface area contributed by atoms with Crippen molar-refractivity contribution in [2.75, 3.05) is 6.61 Å². The van der Waals surface area contributed by atoms with E-state index >= 15 is 0 Å². The first-order valence-corrected chi connectivity index (χ1v) is 6.62. The van der Waals surface area contributed by atoms with E-state index in [0.29, 0.717) is 18.7 Å². The Balaban J connectivity index is 1.90. The molecule has 0 spiro atoms. The van der Waals surface area contributed by atoms with Crippen molar-refractivity contribution < 1.29 is 14.1 Å². The van der Waals surface area contributed by atoms with Gasteiger partial charge in [0, 0.05) is 10.5 Å². The van der Waals surface area contributed by atoms with Gasteiger partial charge in [-0.1, -0.05) is 15.9 Å². The summed E-state index contributed by atoms with van der Waals surface area (Å²) in [4.78, 5) is 11.1. The maximum Gasteiger partial charge on any atom is 0.254 e. The highest BCUT2D eigenvalue weighted by molar-refractivity contribution is 9.10. The van der Waals surface area contributed by atoms with E-state index in [1.807, 2.05) is 35.0 Å². The second-order valence-electron chi connectivity index (χ2n) is 4.00. The molecule has 0 atom stereocenters. The van der Waals surface area contributed by atoms with Crippen LogP contribution in [0.15, 0.2) is 53.3 Å². The molecule has 4 nitrogen and oxygen atoms in total. The molecule has 5 heteroatoms. The quantitative estimate of drug-likeness (QED) is 0.855. The predicted molar refractivity (Wildman–Crippen MR) is 74.8 cm³/mol. The van der Waals surface area contributed by atoms with E-state index in [9.17, 15) is 4.79 Å². The van der Waals surface area contributed by atoms with Gasteiger partial charge in [-0.05, 0) is 30.3 Å². The van der Waals surface area contributed by atoms with Gasteiger partial charge in [-0.2, -0.15) is 0 Å². The van der Waals surface area contributed by atoms with Crippen LogP contribution in [0.2, 0.25) is 0 Å². The van der Waals surface area contributed by atoms with Crippen molar-refractivity contribution in [3.8, 4) is 5.75 Å². The van der Waals surface area contributed by atoms with E-state index in [4.69, 9.17) is 10.5 Å². The molecule has 2 N–H and O–H groups in total. The minimum absolute atomic E-state index is 0.428. The summed E-state index contributed by atoms with van der Waals surface area (Å²) >= 11 is 3.37. The number of rotatable bonds is 5. The van der Waals surface area contributed by atoms with Gasteiger partial charge in [-0.3, -0.25) is 4.79 Å². The zero-order chi connectivity index (χ0) is 13.7. The first kappa shape index (κ1) is 13.5. The van der Waals surface area contributed by atoms with E-state index in [-0.39, 0.29) is 0 Å². The third kappa shape index (κ3) is 4.06. The molecule has 2 aromatic rings. The number of ether oxygens (including phenoxy) is 1. The number of carbonyl (C=O) groups excluding carboxylic acids is 1. The second kappa shape index (κ2) is 6.33. The van der Waals surface area contributed by atoms with E-state index in [1.165, 1.54) is 0 Å². The summed E-state index contributed by atoms with van der Waals surface area (Å²) in [6.07, 6.45) is 3.59. The van der Waals surface area contributed by atoms with Gasteiger partial charge in [0.2, 0.25) is 0 Å². The molecule has 0 bridgehead atoms. The van der Waals surface area contributed by atoms with Crippen LogP contribution in [0.5, 0.6) is 5.75 Å². The molecule has 0 unspecified atom stereocenters. The Morgan fingerprint density at radius 3 is 2.68 bits per heavy atom. The van der Waals surface area contributed by atoms with Gasteiger partial charge in [0.1, 0.15) is 17.9 Å². The number of pyridine rings is 1. The molecular formula is C14H14BrN2O2+. The number of hydrogen-bond donors (Lipinski definition) is 1. The zero-order valence-electron chi connectivity index (χ0n) is 10.3. The van der Waals surface area contributed by atoms with E-state index in [0.717, 1.165) is 10.2 Å². The highest BCUT2D eigenvalue weighted by Gasteiger charge is 2.07. The summed E-state index contributed by atoms with van der Waals surface area (Å²) in [5.74, 6) is 0.387. The average Bonchev–Trinajstić information content (AvgIpc) is 2.41. The zero-order valence-corrected chi connectivity index (χ0v) is 11.8. The summed E-state index contributed by atoms with van der Waals surface area (Å²) in [5.41, 5.74) is 5.72. The largest absolute Gasteiger partial charge is 0.487 e. The van der Waals surface area contributed by atoms with Crippen LogP contribution in [0.1, 0.15) is 10.4 Å². The van der Waals surface area contributed by atoms with Crippen LogP contribution in [0, 0.1) is 0 Å². The molecule has 0 saturated heterocycles. The summed E-state index contributed by atoms with van der Waals surface area (Å²) in [5, 5.41) is 0. The summed E-state index contributed by atoms with van der Waals surface area (Å²) in [6.45, 7) is 1.17. The van der Waals surface area contributed by atoms with Crippen molar-refractivity contribution >= 4 is 21.8 Å². The van der Waals surface area contributed by atoms with Crippen LogP contribution in [-0.2, 0) is 6.54 Å². The monoisotopic (exact) mass is 321 g/mol. The topological polar surface area (TPSA) is 56.2 Å². The Morgan fingerprint density at radius 1 is 1.26 bits per heavy atom. The summed E-state index contributed by atoms with van der Waals surface area (Å²) in [7, 11) is 0. The number of nitrogens with zero attached hydrogens (tertiary/aromatic N) is 1. The van der Waals surface area contributed by atoms with Crippen molar-refractivity contribution in [2.24, 2.45) is 5.73 Å². The molecule has 0 aliphatic carbocycles. The number of aromatic nitrogens is 1. The summed E-state index contributed by atoms with van der Waals surface area (Å²) in [6, 6.07) is 11.1. The van der Waals surface area contributed by atoms with Gasteiger partial charge < -0.3 is 10.5 Å². The molecule has 0 aliphatic rings. The number of primary amides is 1. The van der Waals surface area contributed by atoms with Crippen LogP contribution in [-0.4, -0.2) is 12.5 Å². The van der Waals surface area contributed by atoms with Crippen molar-refractivity contribution in [2.45, 2.75) is 6.54 Å². The van der Waals surface area contributed by atoms with Gasteiger partial charge in [0.15, 0.2) is 18.9 Å². The molecule has 0 aliphatic heterocycles. The lowest BCUT2D eigenvalue weighted by Crippen LogP contribution is -2.37. The maximum atomic E-state index is 11.1. The van der Waals surface area contributed by atoms with Crippen LogP contribution >= 0.6 is 15.9 Å². The third-order valence-electron chi connectivity index (χ3n) is 2.57. The van der Waals surface area contributed by atoms with Crippen molar-refractivity contribution in [3.05, 3.63) is 58.8 Å². The van der Waals surface area contributed by atoms with E-state index in [2.05, 4.69) is 15.9 Å². The minimum Gasteiger partial charge on any atom is -0.487 e. The standard InChI is InChI=1S/C14H13BrN2O2/c15-12-3-5-13(6-4-12)19-9-8-17-7-1-2-11(10-17)14(16)18/h1-7,10H,8-9H2,(H-,16,18)/p+1. The number of hydrogen-bond acceptors (Lipinski definition) is 2. The summed E-state index contributed by atoms with van der Waals surface area (Å²) < 4.78 is 8.50. The van der Waals surface area contributed by atoms with Gasteiger partial charge in [0.05, 0.1) is 0 Å². The number of carbonyl (C=O) groups is 1. The number of benzene rings is 1. The first-order valence-electron chi connectivity index (χ1n) is 5.82. The molecule has 1 aromatic heterocycles. The molecule has 1 amide bonds. The van der Waals surface area contributed by atoms with E-state index < -0.39 is 5.91 Å². The molecule has 0 radical (unpaired) electrons. The molecule has 19 heavy (non-hydrogen) atoms. The van der Waals surface area contributed by atoms with Crippen molar-refractivity contribution in [1.82, 2.24) is 0 Å². The lowest BCUT2D eigenvalue weighted by atomic mass is 10.3. The Kier molecular flexibility index (Phi) is 4.52. The smallest absolute Gasteiger partial charge is 0.254 e. The SMILES string of the molecule is NC(=O)c1ccc[n+](CCOc2ccc(Br)cc2)c1. The van der Waals surface area contributed by atoms with Crippen LogP contribution in [0.4, 0.5) is 0 Å². The van der Waals surface area contributed by atoms with Gasteiger partial charge in [-0.25, -0.2) is 4.57 Å². The average molecular weight is 322 g/mol. The highest BCUT2D eigenvalue weighted by Crippen LogP contribution is 2.15. The van der Waals surface area contributed by atoms with Gasteiger partial charge in [-0.15, -0.1) is 0 Å². The van der Waals surface area contributed by atoms with Crippen LogP contribution in [0.3, 0.4) is 0 Å².